The van der Waals surface area contributed by atoms with Crippen molar-refractivity contribution >= 4 is 29.0 Å². The highest BCUT2D eigenvalue weighted by atomic mass is 35.5. The lowest BCUT2D eigenvalue weighted by Gasteiger charge is -2.06. The molecule has 0 atom stereocenters. The molecule has 17 heavy (non-hydrogen) atoms. The van der Waals surface area contributed by atoms with Gasteiger partial charge in [-0.1, -0.05) is 29.8 Å². The molecule has 2 amide bonds. The van der Waals surface area contributed by atoms with Gasteiger partial charge in [0.15, 0.2) is 0 Å². The van der Waals surface area contributed by atoms with Crippen LogP contribution in [-0.4, -0.2) is 11.0 Å². The number of carbonyl (C=O) groups is 1. The van der Waals surface area contributed by atoms with Crippen LogP contribution >= 0.6 is 11.6 Å². The maximum Gasteiger partial charge on any atom is 0.323 e. The van der Waals surface area contributed by atoms with Crippen molar-refractivity contribution in [3.8, 4) is 0 Å². The molecule has 1 heterocycles. The summed E-state index contributed by atoms with van der Waals surface area (Å²) in [5.74, 6) is 0. The summed E-state index contributed by atoms with van der Waals surface area (Å²) < 4.78 is 0. The molecule has 0 bridgehead atoms. The van der Waals surface area contributed by atoms with Gasteiger partial charge < -0.3 is 10.6 Å². The van der Waals surface area contributed by atoms with Crippen molar-refractivity contribution in [3.05, 3.63) is 53.8 Å². The van der Waals surface area contributed by atoms with Crippen LogP contribution in [0.5, 0.6) is 0 Å². The van der Waals surface area contributed by atoms with E-state index in [1.807, 2.05) is 18.2 Å². The average Bonchev–Trinajstić information content (AvgIpc) is 2.33. The molecule has 0 aliphatic carbocycles. The third kappa shape index (κ3) is 3.46. The van der Waals surface area contributed by atoms with Crippen molar-refractivity contribution in [2.75, 3.05) is 10.6 Å². The van der Waals surface area contributed by atoms with E-state index in [0.29, 0.717) is 10.8 Å². The highest BCUT2D eigenvalue weighted by molar-refractivity contribution is 6.29. The second-order valence-electron chi connectivity index (χ2n) is 3.31. The van der Waals surface area contributed by atoms with Crippen molar-refractivity contribution < 1.29 is 4.79 Å². The first-order chi connectivity index (χ1) is 8.24. The Morgan fingerprint density at radius 2 is 1.71 bits per heavy atom. The highest BCUT2D eigenvalue weighted by Gasteiger charge is 2.02. The minimum atomic E-state index is -0.319. The Hall–Kier alpha value is -2.07. The molecule has 0 spiro atoms. The summed E-state index contributed by atoms with van der Waals surface area (Å²) in [5.41, 5.74) is 1.31. The van der Waals surface area contributed by atoms with Crippen LogP contribution in [0, 0.1) is 0 Å². The lowest BCUT2D eigenvalue weighted by atomic mass is 10.3. The fourth-order valence-corrected chi connectivity index (χ4v) is 1.38. The van der Waals surface area contributed by atoms with E-state index in [4.69, 9.17) is 11.6 Å². The molecule has 5 heteroatoms. The molecule has 0 fully saturated rings. The number of hydrogen-bond donors (Lipinski definition) is 2. The molecular formula is C12H10ClN3O. The van der Waals surface area contributed by atoms with Gasteiger partial charge in [-0.2, -0.15) is 0 Å². The van der Waals surface area contributed by atoms with Crippen molar-refractivity contribution in [3.63, 3.8) is 0 Å². The van der Waals surface area contributed by atoms with Gasteiger partial charge in [0.2, 0.25) is 0 Å². The van der Waals surface area contributed by atoms with Gasteiger partial charge in [0.05, 0.1) is 11.9 Å². The molecule has 2 aromatic rings. The van der Waals surface area contributed by atoms with E-state index in [0.717, 1.165) is 5.69 Å². The van der Waals surface area contributed by atoms with Crippen LogP contribution in [-0.2, 0) is 0 Å². The first-order valence-corrected chi connectivity index (χ1v) is 5.36. The molecule has 0 radical (unpaired) electrons. The number of nitrogens with zero attached hydrogens (tertiary/aromatic N) is 1. The van der Waals surface area contributed by atoms with Gasteiger partial charge in [-0.15, -0.1) is 0 Å². The molecule has 0 saturated carbocycles. The van der Waals surface area contributed by atoms with Gasteiger partial charge in [0.25, 0.3) is 0 Å². The zero-order valence-electron chi connectivity index (χ0n) is 8.85. The zero-order chi connectivity index (χ0) is 12.1. The Balaban J connectivity index is 1.96. The number of hydrogen-bond acceptors (Lipinski definition) is 2. The minimum Gasteiger partial charge on any atom is -0.308 e. The molecular weight excluding hydrogens is 238 g/mol. The predicted molar refractivity (Wildman–Crippen MR) is 68.3 cm³/mol. The van der Waals surface area contributed by atoms with Crippen molar-refractivity contribution in [2.45, 2.75) is 0 Å². The molecule has 4 nitrogen and oxygen atoms in total. The SMILES string of the molecule is O=C(Nc1ccccc1)Nc1ccc(Cl)nc1. The second-order valence-corrected chi connectivity index (χ2v) is 3.70. The molecule has 2 rings (SSSR count). The Morgan fingerprint density at radius 3 is 2.35 bits per heavy atom. The van der Waals surface area contributed by atoms with E-state index < -0.39 is 0 Å². The van der Waals surface area contributed by atoms with Crippen LogP contribution in [0.1, 0.15) is 0 Å². The van der Waals surface area contributed by atoms with Crippen molar-refractivity contribution in [1.29, 1.82) is 0 Å². The number of carbonyl (C=O) groups excluding carboxylic acids is 1. The predicted octanol–water partition coefficient (Wildman–Crippen LogP) is 3.38. The Kier molecular flexibility index (Phi) is 3.57. The largest absolute Gasteiger partial charge is 0.323 e. The summed E-state index contributed by atoms with van der Waals surface area (Å²) in [5, 5.41) is 5.73. The number of anilines is 2. The molecule has 0 aliphatic rings. The van der Waals surface area contributed by atoms with E-state index in [2.05, 4.69) is 15.6 Å². The third-order valence-corrected chi connectivity index (χ3v) is 2.24. The maximum atomic E-state index is 11.6. The van der Waals surface area contributed by atoms with E-state index in [1.54, 1.807) is 24.3 Å². The Morgan fingerprint density at radius 1 is 1.00 bits per heavy atom. The summed E-state index contributed by atoms with van der Waals surface area (Å²) >= 11 is 5.64. The third-order valence-electron chi connectivity index (χ3n) is 2.02. The van der Waals surface area contributed by atoms with E-state index in [9.17, 15) is 4.79 Å². The van der Waals surface area contributed by atoms with Gasteiger partial charge in [0.1, 0.15) is 5.15 Å². The van der Waals surface area contributed by atoms with Crippen LogP contribution in [0.15, 0.2) is 48.7 Å². The number of halogens is 1. The fourth-order valence-electron chi connectivity index (χ4n) is 1.26. The Bertz CT molecular complexity index is 499. The average molecular weight is 248 g/mol. The number of nitrogens with one attached hydrogen (secondary N) is 2. The van der Waals surface area contributed by atoms with Gasteiger partial charge in [-0.25, -0.2) is 9.78 Å². The summed E-state index contributed by atoms with van der Waals surface area (Å²) in [6, 6.07) is 12.2. The first-order valence-electron chi connectivity index (χ1n) is 4.98. The summed E-state index contributed by atoms with van der Waals surface area (Å²) in [6.07, 6.45) is 1.49. The van der Waals surface area contributed by atoms with Crippen LogP contribution in [0.3, 0.4) is 0 Å². The van der Waals surface area contributed by atoms with Gasteiger partial charge in [-0.05, 0) is 24.3 Å². The van der Waals surface area contributed by atoms with Gasteiger partial charge >= 0.3 is 6.03 Å². The molecule has 0 unspecified atom stereocenters. The molecule has 86 valence electrons. The van der Waals surface area contributed by atoms with Crippen LogP contribution < -0.4 is 10.6 Å². The molecule has 1 aromatic heterocycles. The number of rotatable bonds is 2. The fraction of sp³-hybridized carbons (Fsp3) is 0. The van der Waals surface area contributed by atoms with Gasteiger partial charge in [-0.3, -0.25) is 0 Å². The van der Waals surface area contributed by atoms with E-state index >= 15 is 0 Å². The number of amides is 2. The maximum absolute atomic E-state index is 11.6. The quantitative estimate of drug-likeness (QED) is 0.800. The highest BCUT2D eigenvalue weighted by Crippen LogP contribution is 2.11. The summed E-state index contributed by atoms with van der Waals surface area (Å²) in [7, 11) is 0. The lowest BCUT2D eigenvalue weighted by Crippen LogP contribution is -2.19. The molecule has 0 saturated heterocycles. The zero-order valence-corrected chi connectivity index (χ0v) is 9.61. The smallest absolute Gasteiger partial charge is 0.308 e. The van der Waals surface area contributed by atoms with E-state index in [-0.39, 0.29) is 6.03 Å². The number of benzene rings is 1. The number of urea groups is 1. The number of aromatic nitrogens is 1. The van der Waals surface area contributed by atoms with Crippen molar-refractivity contribution in [1.82, 2.24) is 4.98 Å². The summed E-state index contributed by atoms with van der Waals surface area (Å²) in [4.78, 5) is 15.4. The van der Waals surface area contributed by atoms with Crippen LogP contribution in [0.2, 0.25) is 5.15 Å². The molecule has 0 aliphatic heterocycles. The van der Waals surface area contributed by atoms with E-state index in [1.165, 1.54) is 6.20 Å². The monoisotopic (exact) mass is 247 g/mol. The van der Waals surface area contributed by atoms with Crippen molar-refractivity contribution in [2.24, 2.45) is 0 Å². The Labute approximate surface area is 104 Å². The van der Waals surface area contributed by atoms with Crippen LogP contribution in [0.25, 0.3) is 0 Å². The van der Waals surface area contributed by atoms with Crippen LogP contribution in [0.4, 0.5) is 16.2 Å². The normalized spacial score (nSPS) is 9.71. The first kappa shape index (κ1) is 11.4. The molecule has 1 aromatic carbocycles. The standard InChI is InChI=1S/C12H10ClN3O/c13-11-7-6-10(8-14-11)16-12(17)15-9-4-2-1-3-5-9/h1-8H,(H2,15,16,17). The minimum absolute atomic E-state index is 0.319. The lowest BCUT2D eigenvalue weighted by molar-refractivity contribution is 0.262. The number of pyridine rings is 1. The number of para-hydroxylation sites is 1. The summed E-state index contributed by atoms with van der Waals surface area (Å²) in [6.45, 7) is 0. The topological polar surface area (TPSA) is 54.0 Å². The second kappa shape index (κ2) is 5.32. The molecule has 2 N–H and O–H groups in total. The van der Waals surface area contributed by atoms with Gasteiger partial charge in [0, 0.05) is 5.69 Å².